The molecule has 3 heterocycles. The molecule has 2 fully saturated rings. The van der Waals surface area contributed by atoms with Gasteiger partial charge in [0.15, 0.2) is 0 Å². The number of nitrogens with one attached hydrogen (secondary N) is 1. The highest BCUT2D eigenvalue weighted by Crippen LogP contribution is 2.23. The van der Waals surface area contributed by atoms with Gasteiger partial charge >= 0.3 is 0 Å². The summed E-state index contributed by atoms with van der Waals surface area (Å²) in [6, 6.07) is 3.95. The maximum absolute atomic E-state index is 13.0. The number of hydrogen-bond donors (Lipinski definition) is 1. The quantitative estimate of drug-likeness (QED) is 0.869. The van der Waals surface area contributed by atoms with E-state index in [9.17, 15) is 4.79 Å². The molecule has 2 atom stereocenters. The molecule has 1 N–H and O–H groups in total. The monoisotopic (exact) mass is 304 g/mol. The third-order valence-corrected chi connectivity index (χ3v) is 4.55. The number of amides is 1. The van der Waals surface area contributed by atoms with E-state index in [0.29, 0.717) is 13.2 Å². The average Bonchev–Trinajstić information content (AvgIpc) is 2.62. The summed E-state index contributed by atoms with van der Waals surface area (Å²) < 4.78 is 5.38. The van der Waals surface area contributed by atoms with Gasteiger partial charge in [0.2, 0.25) is 5.91 Å². The molecule has 0 saturated carbocycles. The van der Waals surface area contributed by atoms with Gasteiger partial charge in [0.1, 0.15) is 0 Å². The smallest absolute Gasteiger partial charge is 0.240 e. The van der Waals surface area contributed by atoms with Gasteiger partial charge in [-0.05, 0) is 18.6 Å². The van der Waals surface area contributed by atoms with Crippen molar-refractivity contribution in [3.05, 3.63) is 30.1 Å². The highest BCUT2D eigenvalue weighted by atomic mass is 16.5. The van der Waals surface area contributed by atoms with Crippen molar-refractivity contribution in [3.63, 3.8) is 0 Å². The van der Waals surface area contributed by atoms with Gasteiger partial charge < -0.3 is 15.0 Å². The second kappa shape index (κ2) is 7.17. The summed E-state index contributed by atoms with van der Waals surface area (Å²) in [6.45, 7) is 7.47. The van der Waals surface area contributed by atoms with Crippen LogP contribution in [0.15, 0.2) is 24.5 Å². The Morgan fingerprint density at radius 2 is 2.23 bits per heavy atom. The van der Waals surface area contributed by atoms with Gasteiger partial charge in [0.25, 0.3) is 0 Å². The van der Waals surface area contributed by atoms with Crippen molar-refractivity contribution in [1.29, 1.82) is 0 Å². The number of nitrogens with zero attached hydrogens (tertiary/aromatic N) is 3. The van der Waals surface area contributed by atoms with Crippen molar-refractivity contribution in [2.45, 2.75) is 19.0 Å². The van der Waals surface area contributed by atoms with E-state index >= 15 is 0 Å². The summed E-state index contributed by atoms with van der Waals surface area (Å²) in [5, 5.41) is 3.38. The zero-order valence-corrected chi connectivity index (χ0v) is 13.1. The molecule has 0 radical (unpaired) electrons. The van der Waals surface area contributed by atoms with Gasteiger partial charge in [-0.25, -0.2) is 0 Å². The lowest BCUT2D eigenvalue weighted by molar-refractivity contribution is -0.141. The van der Waals surface area contributed by atoms with Crippen LogP contribution in [0.25, 0.3) is 0 Å². The Morgan fingerprint density at radius 1 is 1.41 bits per heavy atom. The van der Waals surface area contributed by atoms with Gasteiger partial charge in [-0.15, -0.1) is 0 Å². The molecule has 2 unspecified atom stereocenters. The highest BCUT2D eigenvalue weighted by Gasteiger charge is 2.33. The third kappa shape index (κ3) is 3.29. The third-order valence-electron chi connectivity index (χ3n) is 4.55. The van der Waals surface area contributed by atoms with Crippen LogP contribution in [-0.4, -0.2) is 72.7 Å². The van der Waals surface area contributed by atoms with E-state index in [4.69, 9.17) is 4.74 Å². The molecule has 1 aromatic heterocycles. The van der Waals surface area contributed by atoms with E-state index in [-0.39, 0.29) is 18.0 Å². The van der Waals surface area contributed by atoms with Crippen LogP contribution in [0.5, 0.6) is 0 Å². The van der Waals surface area contributed by atoms with Gasteiger partial charge in [0.05, 0.1) is 25.3 Å². The summed E-state index contributed by atoms with van der Waals surface area (Å²) in [7, 11) is 0. The molecular formula is C16H24N4O2. The fourth-order valence-electron chi connectivity index (χ4n) is 3.20. The van der Waals surface area contributed by atoms with Gasteiger partial charge in [-0.3, -0.25) is 14.7 Å². The van der Waals surface area contributed by atoms with Crippen LogP contribution < -0.4 is 5.32 Å². The van der Waals surface area contributed by atoms with E-state index in [1.54, 1.807) is 6.20 Å². The van der Waals surface area contributed by atoms with Gasteiger partial charge in [-0.1, -0.05) is 6.07 Å². The molecule has 1 amide bonds. The van der Waals surface area contributed by atoms with Crippen molar-refractivity contribution in [2.75, 3.05) is 45.9 Å². The van der Waals surface area contributed by atoms with E-state index in [1.165, 1.54) is 0 Å². The summed E-state index contributed by atoms with van der Waals surface area (Å²) in [4.78, 5) is 21.4. The van der Waals surface area contributed by atoms with Crippen LogP contribution >= 0.6 is 0 Å². The molecule has 0 aromatic carbocycles. The summed E-state index contributed by atoms with van der Waals surface area (Å²) in [6.07, 6.45) is 3.62. The summed E-state index contributed by atoms with van der Waals surface area (Å²) in [5.41, 5.74) is 1.09. The molecule has 0 aliphatic carbocycles. The summed E-state index contributed by atoms with van der Waals surface area (Å²) >= 11 is 0. The van der Waals surface area contributed by atoms with Crippen LogP contribution in [0.3, 0.4) is 0 Å². The van der Waals surface area contributed by atoms with Crippen molar-refractivity contribution in [1.82, 2.24) is 20.1 Å². The van der Waals surface area contributed by atoms with Crippen LogP contribution in [0, 0.1) is 0 Å². The Kier molecular flexibility index (Phi) is 5.02. The number of hydrogen-bond acceptors (Lipinski definition) is 5. The lowest BCUT2D eigenvalue weighted by Gasteiger charge is -2.40. The molecule has 6 heteroatoms. The Balaban J connectivity index is 1.73. The Morgan fingerprint density at radius 3 is 2.95 bits per heavy atom. The van der Waals surface area contributed by atoms with Crippen LogP contribution in [0.4, 0.5) is 0 Å². The largest absolute Gasteiger partial charge is 0.379 e. The van der Waals surface area contributed by atoms with Crippen molar-refractivity contribution < 1.29 is 9.53 Å². The van der Waals surface area contributed by atoms with E-state index in [1.807, 2.05) is 30.2 Å². The molecule has 120 valence electrons. The second-order valence-electron chi connectivity index (χ2n) is 5.86. The second-order valence-corrected chi connectivity index (χ2v) is 5.86. The number of piperazine rings is 1. The number of carbonyl (C=O) groups is 1. The molecule has 6 nitrogen and oxygen atoms in total. The minimum Gasteiger partial charge on any atom is -0.379 e. The first-order valence-corrected chi connectivity index (χ1v) is 8.00. The first kappa shape index (κ1) is 15.4. The Labute approximate surface area is 131 Å². The molecule has 2 saturated heterocycles. The van der Waals surface area contributed by atoms with Crippen molar-refractivity contribution in [2.24, 2.45) is 0 Å². The number of ether oxygens (including phenoxy) is 1. The summed E-state index contributed by atoms with van der Waals surface area (Å²) in [5.74, 6) is 0.206. The number of carbonyl (C=O) groups excluding carboxylic acids is 1. The minimum absolute atomic E-state index is 0.0680. The lowest BCUT2D eigenvalue weighted by atomic mass is 10.0. The van der Waals surface area contributed by atoms with E-state index in [0.717, 1.165) is 38.3 Å². The molecular weight excluding hydrogens is 280 g/mol. The van der Waals surface area contributed by atoms with Crippen LogP contribution in [-0.2, 0) is 9.53 Å². The fourth-order valence-corrected chi connectivity index (χ4v) is 3.20. The van der Waals surface area contributed by atoms with Crippen molar-refractivity contribution in [3.8, 4) is 0 Å². The van der Waals surface area contributed by atoms with Gasteiger partial charge in [0, 0.05) is 45.1 Å². The lowest BCUT2D eigenvalue weighted by Crippen LogP contribution is -2.56. The van der Waals surface area contributed by atoms with Crippen LogP contribution in [0.2, 0.25) is 0 Å². The fraction of sp³-hybridized carbons (Fsp3) is 0.625. The maximum Gasteiger partial charge on any atom is 0.240 e. The first-order chi connectivity index (χ1) is 10.8. The standard InChI is InChI=1S/C16H24N4O2/c1-13(19-7-9-22-10-8-19)16(21)20-6-5-18-12-15(20)14-3-2-4-17-11-14/h2-4,11,13,15,18H,5-10,12H2,1H3. The molecule has 0 spiro atoms. The Hall–Kier alpha value is -1.50. The maximum atomic E-state index is 13.0. The molecule has 2 aliphatic rings. The molecule has 3 rings (SSSR count). The SMILES string of the molecule is CC(C(=O)N1CCNCC1c1cccnc1)N1CCOCC1. The normalized spacial score (nSPS) is 25.0. The van der Waals surface area contributed by atoms with Gasteiger partial charge in [-0.2, -0.15) is 0 Å². The predicted molar refractivity (Wildman–Crippen MR) is 83.4 cm³/mol. The predicted octanol–water partition coefficient (Wildman–Crippen LogP) is 0.275. The zero-order chi connectivity index (χ0) is 15.4. The van der Waals surface area contributed by atoms with Crippen molar-refractivity contribution >= 4 is 5.91 Å². The van der Waals surface area contributed by atoms with E-state index in [2.05, 4.69) is 15.2 Å². The first-order valence-electron chi connectivity index (χ1n) is 8.00. The highest BCUT2D eigenvalue weighted by molar-refractivity contribution is 5.82. The molecule has 2 aliphatic heterocycles. The molecule has 22 heavy (non-hydrogen) atoms. The number of rotatable bonds is 3. The topological polar surface area (TPSA) is 57.7 Å². The van der Waals surface area contributed by atoms with E-state index < -0.39 is 0 Å². The number of pyridine rings is 1. The average molecular weight is 304 g/mol. The number of morpholine rings is 1. The Bertz CT molecular complexity index is 490. The minimum atomic E-state index is -0.0961. The zero-order valence-electron chi connectivity index (χ0n) is 13.1. The molecule has 0 bridgehead atoms. The van der Waals surface area contributed by atoms with Crippen LogP contribution in [0.1, 0.15) is 18.5 Å². The number of aromatic nitrogens is 1. The molecule has 1 aromatic rings.